The van der Waals surface area contributed by atoms with Crippen molar-refractivity contribution in [3.8, 4) is 0 Å². The minimum Gasteiger partial charge on any atom is -0.331 e. The Morgan fingerprint density at radius 2 is 1.89 bits per heavy atom. The molecule has 0 aliphatic carbocycles. The van der Waals surface area contributed by atoms with Crippen LogP contribution < -0.4 is 5.48 Å². The van der Waals surface area contributed by atoms with Crippen LogP contribution in [0.3, 0.4) is 0 Å². The zero-order valence-corrected chi connectivity index (χ0v) is 15.6. The van der Waals surface area contributed by atoms with Crippen LogP contribution in [0.5, 0.6) is 0 Å². The number of benzene rings is 3. The Morgan fingerprint density at radius 3 is 2.71 bits per heavy atom. The normalized spacial score (nSPS) is 11.5. The number of aromatic nitrogens is 2. The fraction of sp³-hybridized carbons (Fsp3) is 0.130. The summed E-state index contributed by atoms with van der Waals surface area (Å²) in [7, 11) is 2.03. The summed E-state index contributed by atoms with van der Waals surface area (Å²) >= 11 is 0. The van der Waals surface area contributed by atoms with Crippen LogP contribution in [0.2, 0.25) is 0 Å². The summed E-state index contributed by atoms with van der Waals surface area (Å²) in [4.78, 5) is 15.9. The van der Waals surface area contributed by atoms with E-state index in [4.69, 9.17) is 10.2 Å². The molecular weight excluding hydrogens is 350 g/mol. The number of aryl methyl sites for hydroxylation is 3. The van der Waals surface area contributed by atoms with Gasteiger partial charge in [-0.1, -0.05) is 48.5 Å². The Balaban J connectivity index is 1.55. The molecule has 1 amide bonds. The highest BCUT2D eigenvalue weighted by atomic mass is 16.5. The molecule has 0 spiro atoms. The SMILES string of the molecule is Cn1c(CCc2ccc3ccccc3c2)nc2cc(C=CC(=O)NO)ccc21. The van der Waals surface area contributed by atoms with Crippen LogP contribution in [0.15, 0.2) is 66.7 Å². The Morgan fingerprint density at radius 1 is 1.07 bits per heavy atom. The first-order valence-corrected chi connectivity index (χ1v) is 9.19. The van der Waals surface area contributed by atoms with Crippen LogP contribution in [-0.4, -0.2) is 20.7 Å². The molecule has 2 N–H and O–H groups in total. The highest BCUT2D eigenvalue weighted by molar-refractivity contribution is 5.91. The molecule has 0 atom stereocenters. The van der Waals surface area contributed by atoms with Crippen molar-refractivity contribution in [1.29, 1.82) is 0 Å². The number of carbonyl (C=O) groups is 1. The lowest BCUT2D eigenvalue weighted by Crippen LogP contribution is -2.14. The van der Waals surface area contributed by atoms with E-state index in [1.54, 1.807) is 11.6 Å². The highest BCUT2D eigenvalue weighted by Crippen LogP contribution is 2.20. The fourth-order valence-electron chi connectivity index (χ4n) is 3.45. The number of hydrogen-bond acceptors (Lipinski definition) is 3. The Bertz CT molecular complexity index is 1190. The zero-order chi connectivity index (χ0) is 19.5. The van der Waals surface area contributed by atoms with Gasteiger partial charge < -0.3 is 4.57 Å². The summed E-state index contributed by atoms with van der Waals surface area (Å²) in [6.45, 7) is 0. The van der Waals surface area contributed by atoms with Gasteiger partial charge in [-0.3, -0.25) is 10.0 Å². The molecular formula is C23H21N3O2. The molecule has 28 heavy (non-hydrogen) atoms. The van der Waals surface area contributed by atoms with Gasteiger partial charge in [-0.2, -0.15) is 0 Å². The van der Waals surface area contributed by atoms with E-state index >= 15 is 0 Å². The minimum absolute atomic E-state index is 0.558. The van der Waals surface area contributed by atoms with E-state index in [0.29, 0.717) is 0 Å². The van der Waals surface area contributed by atoms with E-state index in [1.807, 2.05) is 25.2 Å². The molecule has 3 aromatic carbocycles. The smallest absolute Gasteiger partial charge is 0.267 e. The molecule has 0 unspecified atom stereocenters. The number of nitrogens with one attached hydrogen (secondary N) is 1. The predicted octanol–water partition coefficient (Wildman–Crippen LogP) is 4.03. The van der Waals surface area contributed by atoms with Crippen LogP contribution in [0.4, 0.5) is 0 Å². The van der Waals surface area contributed by atoms with E-state index in [2.05, 4.69) is 47.0 Å². The molecule has 0 radical (unpaired) electrons. The topological polar surface area (TPSA) is 67.2 Å². The van der Waals surface area contributed by atoms with Crippen LogP contribution >= 0.6 is 0 Å². The third kappa shape index (κ3) is 3.66. The first-order chi connectivity index (χ1) is 13.6. The van der Waals surface area contributed by atoms with E-state index in [9.17, 15) is 4.79 Å². The minimum atomic E-state index is -0.558. The average molecular weight is 371 g/mol. The maximum absolute atomic E-state index is 11.1. The number of hydrogen-bond donors (Lipinski definition) is 2. The van der Waals surface area contributed by atoms with E-state index in [-0.39, 0.29) is 0 Å². The summed E-state index contributed by atoms with van der Waals surface area (Å²) in [5.74, 6) is 0.467. The van der Waals surface area contributed by atoms with Crippen molar-refractivity contribution < 1.29 is 10.0 Å². The van der Waals surface area contributed by atoms with E-state index in [1.165, 1.54) is 22.4 Å². The molecule has 0 bridgehead atoms. The van der Waals surface area contributed by atoms with Crippen molar-refractivity contribution in [2.24, 2.45) is 7.05 Å². The van der Waals surface area contributed by atoms with Crippen LogP contribution in [0.1, 0.15) is 17.0 Å². The lowest BCUT2D eigenvalue weighted by atomic mass is 10.0. The monoisotopic (exact) mass is 371 g/mol. The number of nitrogens with zero attached hydrogens (tertiary/aromatic N) is 2. The van der Waals surface area contributed by atoms with Gasteiger partial charge in [-0.05, 0) is 46.5 Å². The molecule has 5 nitrogen and oxygen atoms in total. The van der Waals surface area contributed by atoms with Gasteiger partial charge in [-0.15, -0.1) is 0 Å². The second kappa shape index (κ2) is 7.66. The first-order valence-electron chi connectivity index (χ1n) is 9.19. The fourth-order valence-corrected chi connectivity index (χ4v) is 3.45. The molecule has 0 aliphatic heterocycles. The summed E-state index contributed by atoms with van der Waals surface area (Å²) in [5.41, 5.74) is 5.68. The van der Waals surface area contributed by atoms with Gasteiger partial charge >= 0.3 is 0 Å². The molecule has 1 aromatic heterocycles. The van der Waals surface area contributed by atoms with Crippen molar-refractivity contribution in [3.05, 3.63) is 83.7 Å². The number of amides is 1. The molecule has 4 rings (SSSR count). The van der Waals surface area contributed by atoms with Crippen molar-refractivity contribution >= 4 is 33.8 Å². The van der Waals surface area contributed by atoms with Crippen LogP contribution in [-0.2, 0) is 24.7 Å². The number of hydroxylamine groups is 1. The Kier molecular flexibility index (Phi) is 4.91. The molecule has 4 aromatic rings. The number of rotatable bonds is 5. The lowest BCUT2D eigenvalue weighted by molar-refractivity contribution is -0.124. The van der Waals surface area contributed by atoms with Crippen molar-refractivity contribution in [2.45, 2.75) is 12.8 Å². The highest BCUT2D eigenvalue weighted by Gasteiger charge is 2.08. The predicted molar refractivity (Wildman–Crippen MR) is 111 cm³/mol. The van der Waals surface area contributed by atoms with Crippen molar-refractivity contribution in [1.82, 2.24) is 15.0 Å². The van der Waals surface area contributed by atoms with Crippen molar-refractivity contribution in [2.75, 3.05) is 0 Å². The van der Waals surface area contributed by atoms with Gasteiger partial charge in [0, 0.05) is 19.5 Å². The third-order valence-corrected chi connectivity index (χ3v) is 4.99. The number of imidazole rings is 1. The van der Waals surface area contributed by atoms with Crippen LogP contribution in [0.25, 0.3) is 27.9 Å². The molecule has 0 saturated carbocycles. The molecule has 0 aliphatic rings. The quantitative estimate of drug-likeness (QED) is 0.316. The molecule has 0 fully saturated rings. The van der Waals surface area contributed by atoms with E-state index < -0.39 is 5.91 Å². The molecule has 0 saturated heterocycles. The zero-order valence-electron chi connectivity index (χ0n) is 15.6. The van der Waals surface area contributed by atoms with Crippen molar-refractivity contribution in [3.63, 3.8) is 0 Å². The van der Waals surface area contributed by atoms with Gasteiger partial charge in [0.1, 0.15) is 5.82 Å². The second-order valence-electron chi connectivity index (χ2n) is 6.83. The van der Waals surface area contributed by atoms with E-state index in [0.717, 1.165) is 35.3 Å². The average Bonchev–Trinajstić information content (AvgIpc) is 3.05. The Hall–Kier alpha value is -3.44. The number of fused-ring (bicyclic) bond motifs is 2. The lowest BCUT2D eigenvalue weighted by Gasteiger charge is -2.05. The largest absolute Gasteiger partial charge is 0.331 e. The summed E-state index contributed by atoms with van der Waals surface area (Å²) in [6.07, 6.45) is 4.70. The summed E-state index contributed by atoms with van der Waals surface area (Å²) < 4.78 is 2.12. The summed E-state index contributed by atoms with van der Waals surface area (Å²) in [5, 5.41) is 11.1. The van der Waals surface area contributed by atoms with Gasteiger partial charge in [0.2, 0.25) is 0 Å². The number of carbonyl (C=O) groups excluding carboxylic acids is 1. The van der Waals surface area contributed by atoms with Gasteiger partial charge in [0.15, 0.2) is 0 Å². The summed E-state index contributed by atoms with van der Waals surface area (Å²) in [6, 6.07) is 20.8. The molecule has 140 valence electrons. The first kappa shape index (κ1) is 17.9. The maximum Gasteiger partial charge on any atom is 0.267 e. The van der Waals surface area contributed by atoms with Gasteiger partial charge in [0.25, 0.3) is 5.91 Å². The molecule has 1 heterocycles. The second-order valence-corrected chi connectivity index (χ2v) is 6.83. The standard InChI is InChI=1S/C23H21N3O2/c1-26-21-11-7-17(9-13-23(27)25-28)15-20(21)24-22(26)12-8-16-6-10-18-4-2-3-5-19(18)14-16/h2-7,9-11,13-15,28H,8,12H2,1H3,(H,25,27). The Labute approximate surface area is 162 Å². The van der Waals surface area contributed by atoms with Crippen LogP contribution in [0, 0.1) is 0 Å². The van der Waals surface area contributed by atoms with Gasteiger partial charge in [-0.25, -0.2) is 10.5 Å². The van der Waals surface area contributed by atoms with Gasteiger partial charge in [0.05, 0.1) is 11.0 Å². The molecule has 5 heteroatoms. The third-order valence-electron chi connectivity index (χ3n) is 4.99. The maximum atomic E-state index is 11.1.